The second kappa shape index (κ2) is 7.17. The number of aryl methyl sites for hydroxylation is 1. The molecule has 0 saturated carbocycles. The van der Waals surface area contributed by atoms with E-state index >= 15 is 0 Å². The summed E-state index contributed by atoms with van der Waals surface area (Å²) in [5.74, 6) is 1.10. The number of amides is 1. The Labute approximate surface area is 156 Å². The summed E-state index contributed by atoms with van der Waals surface area (Å²) in [5, 5.41) is 14.1. The number of benzene rings is 2. The lowest BCUT2D eigenvalue weighted by Crippen LogP contribution is -2.26. The SMILES string of the molecule is Cn1ccc2cc(C(O)CNC(=O)C=Cc3ccc4c(c3)OCO4)ccc21. The first-order chi connectivity index (χ1) is 13.1. The van der Waals surface area contributed by atoms with E-state index in [1.54, 1.807) is 6.08 Å². The number of fused-ring (bicyclic) bond motifs is 2. The predicted octanol–water partition coefficient (Wildman–Crippen LogP) is 2.77. The van der Waals surface area contributed by atoms with E-state index in [-0.39, 0.29) is 19.2 Å². The maximum atomic E-state index is 12.0. The van der Waals surface area contributed by atoms with Gasteiger partial charge in [-0.3, -0.25) is 4.79 Å². The van der Waals surface area contributed by atoms with E-state index in [2.05, 4.69) is 5.32 Å². The summed E-state index contributed by atoms with van der Waals surface area (Å²) in [4.78, 5) is 12.0. The molecular weight excluding hydrogens is 344 g/mol. The average molecular weight is 364 g/mol. The molecule has 0 aliphatic carbocycles. The Morgan fingerprint density at radius 1 is 1.22 bits per heavy atom. The molecule has 1 atom stereocenters. The largest absolute Gasteiger partial charge is 0.454 e. The highest BCUT2D eigenvalue weighted by Crippen LogP contribution is 2.32. The first-order valence-electron chi connectivity index (χ1n) is 8.69. The third kappa shape index (κ3) is 3.66. The van der Waals surface area contributed by atoms with Crippen molar-refractivity contribution >= 4 is 22.9 Å². The van der Waals surface area contributed by atoms with Gasteiger partial charge in [-0.1, -0.05) is 12.1 Å². The number of aliphatic hydroxyl groups excluding tert-OH is 1. The van der Waals surface area contributed by atoms with Crippen LogP contribution in [0, 0.1) is 0 Å². The van der Waals surface area contributed by atoms with Crippen LogP contribution in [0.5, 0.6) is 11.5 Å². The molecule has 1 unspecified atom stereocenters. The number of carbonyl (C=O) groups is 1. The molecule has 1 amide bonds. The van der Waals surface area contributed by atoms with Crippen molar-refractivity contribution in [1.82, 2.24) is 9.88 Å². The number of nitrogens with one attached hydrogen (secondary N) is 1. The number of aromatic nitrogens is 1. The molecule has 3 aromatic rings. The Bertz CT molecular complexity index is 1020. The predicted molar refractivity (Wildman–Crippen MR) is 102 cm³/mol. The van der Waals surface area contributed by atoms with Crippen molar-refractivity contribution in [3.05, 3.63) is 65.9 Å². The zero-order chi connectivity index (χ0) is 18.8. The van der Waals surface area contributed by atoms with Gasteiger partial charge in [0.2, 0.25) is 12.7 Å². The lowest BCUT2D eigenvalue weighted by molar-refractivity contribution is -0.116. The molecule has 6 nitrogen and oxygen atoms in total. The molecule has 1 aromatic heterocycles. The van der Waals surface area contributed by atoms with Crippen LogP contribution in [-0.4, -0.2) is 28.9 Å². The standard InChI is InChI=1S/C21H20N2O4/c1-23-9-8-15-11-16(4-5-17(15)23)18(24)12-22-21(25)7-3-14-2-6-19-20(10-14)27-13-26-19/h2-11,18,24H,12-13H2,1H3,(H,22,25). The van der Waals surface area contributed by atoms with Gasteiger partial charge in [-0.15, -0.1) is 0 Å². The second-order valence-corrected chi connectivity index (χ2v) is 6.45. The fourth-order valence-corrected chi connectivity index (χ4v) is 3.07. The first kappa shape index (κ1) is 17.2. The molecule has 1 aliphatic rings. The summed E-state index contributed by atoms with van der Waals surface area (Å²) in [6, 6.07) is 13.3. The molecule has 6 heteroatoms. The van der Waals surface area contributed by atoms with Crippen LogP contribution >= 0.6 is 0 Å². The molecular formula is C21H20N2O4. The van der Waals surface area contributed by atoms with Crippen LogP contribution < -0.4 is 14.8 Å². The van der Waals surface area contributed by atoms with E-state index < -0.39 is 6.10 Å². The fraction of sp³-hybridized carbons (Fsp3) is 0.190. The summed E-state index contributed by atoms with van der Waals surface area (Å²) in [6.45, 7) is 0.359. The second-order valence-electron chi connectivity index (χ2n) is 6.45. The zero-order valence-electron chi connectivity index (χ0n) is 14.9. The lowest BCUT2D eigenvalue weighted by atomic mass is 10.1. The van der Waals surface area contributed by atoms with Crippen molar-refractivity contribution in [1.29, 1.82) is 0 Å². The summed E-state index contributed by atoms with van der Waals surface area (Å²) in [7, 11) is 1.98. The van der Waals surface area contributed by atoms with Gasteiger partial charge in [0.25, 0.3) is 0 Å². The maximum Gasteiger partial charge on any atom is 0.244 e. The summed E-state index contributed by atoms with van der Waals surface area (Å²) in [5.41, 5.74) is 2.71. The van der Waals surface area contributed by atoms with Crippen LogP contribution in [0.15, 0.2) is 54.7 Å². The van der Waals surface area contributed by atoms with Gasteiger partial charge in [0.15, 0.2) is 11.5 Å². The molecule has 1 aliphatic heterocycles. The molecule has 2 heterocycles. The van der Waals surface area contributed by atoms with Crippen molar-refractivity contribution in [3.8, 4) is 11.5 Å². The molecule has 138 valence electrons. The summed E-state index contributed by atoms with van der Waals surface area (Å²) >= 11 is 0. The zero-order valence-corrected chi connectivity index (χ0v) is 14.9. The van der Waals surface area contributed by atoms with E-state index in [1.807, 2.05) is 60.3 Å². The molecule has 2 aromatic carbocycles. The van der Waals surface area contributed by atoms with Crippen LogP contribution in [0.25, 0.3) is 17.0 Å². The van der Waals surface area contributed by atoms with Gasteiger partial charge >= 0.3 is 0 Å². The van der Waals surface area contributed by atoms with E-state index in [4.69, 9.17) is 9.47 Å². The molecule has 0 spiro atoms. The van der Waals surface area contributed by atoms with E-state index in [0.717, 1.165) is 22.0 Å². The van der Waals surface area contributed by atoms with Crippen molar-refractivity contribution in [2.24, 2.45) is 7.05 Å². The summed E-state index contributed by atoms with van der Waals surface area (Å²) in [6.07, 6.45) is 4.34. The topological polar surface area (TPSA) is 72.7 Å². The van der Waals surface area contributed by atoms with Gasteiger partial charge in [0.05, 0.1) is 6.10 Å². The van der Waals surface area contributed by atoms with Gasteiger partial charge in [-0.25, -0.2) is 0 Å². The lowest BCUT2D eigenvalue weighted by Gasteiger charge is -2.12. The van der Waals surface area contributed by atoms with Gasteiger partial charge in [-0.2, -0.15) is 0 Å². The van der Waals surface area contributed by atoms with Crippen LogP contribution in [0.2, 0.25) is 0 Å². The number of hydrogen-bond acceptors (Lipinski definition) is 4. The number of carbonyl (C=O) groups excluding carboxylic acids is 1. The third-order valence-electron chi connectivity index (χ3n) is 4.59. The Morgan fingerprint density at radius 2 is 2.07 bits per heavy atom. The van der Waals surface area contributed by atoms with Crippen LogP contribution in [0.1, 0.15) is 17.2 Å². The minimum Gasteiger partial charge on any atom is -0.454 e. The highest BCUT2D eigenvalue weighted by atomic mass is 16.7. The summed E-state index contributed by atoms with van der Waals surface area (Å²) < 4.78 is 12.6. The van der Waals surface area contributed by atoms with Crippen molar-refractivity contribution in [3.63, 3.8) is 0 Å². The highest BCUT2D eigenvalue weighted by molar-refractivity contribution is 5.91. The Balaban J connectivity index is 1.35. The molecule has 4 rings (SSSR count). The van der Waals surface area contributed by atoms with Gasteiger partial charge < -0.3 is 24.5 Å². The molecule has 0 bridgehead atoms. The minimum atomic E-state index is -0.766. The van der Waals surface area contributed by atoms with E-state index in [0.29, 0.717) is 11.5 Å². The first-order valence-corrected chi connectivity index (χ1v) is 8.69. The molecule has 2 N–H and O–H groups in total. The Hall–Kier alpha value is -3.25. The monoisotopic (exact) mass is 364 g/mol. The molecule has 0 saturated heterocycles. The van der Waals surface area contributed by atoms with Crippen LogP contribution in [-0.2, 0) is 11.8 Å². The van der Waals surface area contributed by atoms with Gasteiger partial charge in [0, 0.05) is 31.4 Å². The highest BCUT2D eigenvalue weighted by Gasteiger charge is 2.13. The fourth-order valence-electron chi connectivity index (χ4n) is 3.07. The van der Waals surface area contributed by atoms with E-state index in [9.17, 15) is 9.90 Å². The number of aliphatic hydroxyl groups is 1. The van der Waals surface area contributed by atoms with E-state index in [1.165, 1.54) is 6.08 Å². The molecule has 27 heavy (non-hydrogen) atoms. The quantitative estimate of drug-likeness (QED) is 0.683. The van der Waals surface area contributed by atoms with Crippen LogP contribution in [0.4, 0.5) is 0 Å². The van der Waals surface area contributed by atoms with Gasteiger partial charge in [-0.05, 0) is 52.9 Å². The maximum absolute atomic E-state index is 12.0. The number of ether oxygens (including phenoxy) is 2. The van der Waals surface area contributed by atoms with Crippen molar-refractivity contribution in [2.75, 3.05) is 13.3 Å². The number of rotatable bonds is 5. The van der Waals surface area contributed by atoms with Gasteiger partial charge in [0.1, 0.15) is 0 Å². The number of hydrogen-bond donors (Lipinski definition) is 2. The third-order valence-corrected chi connectivity index (χ3v) is 4.59. The Kier molecular flexibility index (Phi) is 4.56. The smallest absolute Gasteiger partial charge is 0.244 e. The number of nitrogens with zero attached hydrogens (tertiary/aromatic N) is 1. The normalized spacial score (nSPS) is 14.0. The van der Waals surface area contributed by atoms with Crippen molar-refractivity contribution < 1.29 is 19.4 Å². The average Bonchev–Trinajstić information content (AvgIpc) is 3.30. The Morgan fingerprint density at radius 3 is 2.96 bits per heavy atom. The minimum absolute atomic E-state index is 0.142. The van der Waals surface area contributed by atoms with Crippen molar-refractivity contribution in [2.45, 2.75) is 6.10 Å². The molecule has 0 fully saturated rings. The van der Waals surface area contributed by atoms with Crippen LogP contribution in [0.3, 0.4) is 0 Å². The molecule has 0 radical (unpaired) electrons.